The molecule has 0 heterocycles. The summed E-state index contributed by atoms with van der Waals surface area (Å²) >= 11 is 0. The van der Waals surface area contributed by atoms with Gasteiger partial charge in [0.05, 0.1) is 13.2 Å². The van der Waals surface area contributed by atoms with Crippen molar-refractivity contribution in [3.8, 4) is 0 Å². The van der Waals surface area contributed by atoms with Gasteiger partial charge in [-0.25, -0.2) is 0 Å². The summed E-state index contributed by atoms with van der Waals surface area (Å²) in [6.07, 6.45) is 50.7. The van der Waals surface area contributed by atoms with Gasteiger partial charge in [-0.3, -0.25) is 14.4 Å². The van der Waals surface area contributed by atoms with Gasteiger partial charge in [0.2, 0.25) is 5.91 Å². The van der Waals surface area contributed by atoms with Gasteiger partial charge in [-0.1, -0.05) is 234 Å². The molecule has 0 spiro atoms. The number of carbonyl (C=O) groups is 3. The number of ether oxygens (including phenoxy) is 2. The Labute approximate surface area is 425 Å². The molecule has 0 rings (SSSR count). The molecule has 0 aromatic carbocycles. The molecule has 7 heteroatoms. The summed E-state index contributed by atoms with van der Waals surface area (Å²) in [6.45, 7) is 14.3. The first kappa shape index (κ1) is 66.4. The molecular weight excluding hydrogens is 841 g/mol. The number of unbranched alkanes of at least 4 members (excludes halogenated alkanes) is 27. The highest BCUT2D eigenvalue weighted by Gasteiger charge is 2.23. The van der Waals surface area contributed by atoms with Crippen molar-refractivity contribution >= 4 is 17.8 Å². The Hall–Kier alpha value is -1.63. The van der Waals surface area contributed by atoms with Crippen LogP contribution in [0.2, 0.25) is 0 Å². The monoisotopic (exact) mass is 961 g/mol. The second-order valence-electron chi connectivity index (χ2n) is 21.7. The van der Waals surface area contributed by atoms with Gasteiger partial charge in [0.15, 0.2) is 0 Å². The fourth-order valence-corrected chi connectivity index (χ4v) is 10.1. The van der Waals surface area contributed by atoms with E-state index >= 15 is 0 Å². The third-order valence-electron chi connectivity index (χ3n) is 14.7. The second kappa shape index (κ2) is 51.7. The fraction of sp³-hybridized carbons (Fsp3) is 0.951. The highest BCUT2D eigenvalue weighted by molar-refractivity contribution is 5.76. The average Bonchev–Trinajstić information content (AvgIpc) is 3.32. The van der Waals surface area contributed by atoms with Crippen LogP contribution in [0, 0.1) is 11.8 Å². The lowest BCUT2D eigenvalue weighted by atomic mass is 9.95. The highest BCUT2D eigenvalue weighted by Crippen LogP contribution is 2.24. The van der Waals surface area contributed by atoms with E-state index in [1.54, 1.807) is 0 Å². The molecule has 2 unspecified atom stereocenters. The Bertz CT molecular complexity index is 1020. The van der Waals surface area contributed by atoms with Crippen LogP contribution >= 0.6 is 0 Å². The average molecular weight is 962 g/mol. The van der Waals surface area contributed by atoms with Gasteiger partial charge in [0, 0.05) is 31.8 Å². The van der Waals surface area contributed by atoms with Gasteiger partial charge in [0.25, 0.3) is 0 Å². The molecule has 0 aliphatic carbocycles. The Balaban J connectivity index is 5.42. The molecule has 7 nitrogen and oxygen atoms in total. The predicted molar refractivity (Wildman–Crippen MR) is 294 cm³/mol. The lowest BCUT2D eigenvalue weighted by Crippen LogP contribution is -2.41. The Kier molecular flexibility index (Phi) is 50.5. The number of hydrogen-bond acceptors (Lipinski definition) is 6. The van der Waals surface area contributed by atoms with Crippen LogP contribution in [0.4, 0.5) is 0 Å². The van der Waals surface area contributed by atoms with E-state index in [2.05, 4.69) is 58.5 Å². The summed E-state index contributed by atoms with van der Waals surface area (Å²) in [5, 5.41) is 0. The first-order valence-electron chi connectivity index (χ1n) is 30.5. The maximum atomic E-state index is 14.0. The first-order chi connectivity index (χ1) is 33.2. The zero-order valence-electron chi connectivity index (χ0n) is 47.1. The van der Waals surface area contributed by atoms with Crippen molar-refractivity contribution in [3.63, 3.8) is 0 Å². The minimum absolute atomic E-state index is 0.0331. The van der Waals surface area contributed by atoms with Crippen LogP contribution in [0.3, 0.4) is 0 Å². The van der Waals surface area contributed by atoms with E-state index in [-0.39, 0.29) is 18.0 Å². The van der Waals surface area contributed by atoms with Crippen molar-refractivity contribution in [1.82, 2.24) is 9.80 Å². The molecule has 2 atom stereocenters. The van der Waals surface area contributed by atoms with E-state index in [0.29, 0.717) is 50.2 Å². The quantitative estimate of drug-likeness (QED) is 0.0447. The minimum atomic E-state index is -0.0331. The van der Waals surface area contributed by atoms with Crippen LogP contribution in [0.25, 0.3) is 0 Å². The van der Waals surface area contributed by atoms with Crippen LogP contribution in [0.5, 0.6) is 0 Å². The lowest BCUT2D eigenvalue weighted by molar-refractivity contribution is -0.146. The summed E-state index contributed by atoms with van der Waals surface area (Å²) in [4.78, 5) is 44.5. The van der Waals surface area contributed by atoms with Gasteiger partial charge >= 0.3 is 11.9 Å². The Morgan fingerprint density at radius 1 is 0.338 bits per heavy atom. The number of carbonyl (C=O) groups excluding carboxylic acids is 3. The molecule has 0 aromatic heterocycles. The van der Waals surface area contributed by atoms with Crippen molar-refractivity contribution in [1.29, 1.82) is 0 Å². The van der Waals surface area contributed by atoms with Crippen molar-refractivity contribution < 1.29 is 23.9 Å². The minimum Gasteiger partial charge on any atom is -0.465 e. The van der Waals surface area contributed by atoms with E-state index < -0.39 is 0 Å². The second-order valence-corrected chi connectivity index (χ2v) is 21.7. The predicted octanol–water partition coefficient (Wildman–Crippen LogP) is 18.3. The van der Waals surface area contributed by atoms with Crippen LogP contribution in [-0.2, 0) is 23.9 Å². The van der Waals surface area contributed by atoms with Crippen LogP contribution < -0.4 is 0 Å². The molecule has 0 fully saturated rings. The normalized spacial score (nSPS) is 12.9. The van der Waals surface area contributed by atoms with E-state index in [1.807, 2.05) is 0 Å². The van der Waals surface area contributed by atoms with E-state index in [9.17, 15) is 14.4 Å². The SMILES string of the molecule is CCCCCCCCCCN(C(=O)CCCN(C)C)C(CCCCCC(=O)OCC(CCCCCC)CCCCCCCC)CCCCCC(=O)OCC(CCCCCC)CCCCCCCC. The van der Waals surface area contributed by atoms with Gasteiger partial charge in [-0.2, -0.15) is 0 Å². The molecule has 0 saturated carbocycles. The largest absolute Gasteiger partial charge is 0.465 e. The maximum Gasteiger partial charge on any atom is 0.305 e. The zero-order chi connectivity index (χ0) is 50.0. The first-order valence-corrected chi connectivity index (χ1v) is 30.5. The van der Waals surface area contributed by atoms with E-state index in [1.165, 1.54) is 199 Å². The molecule has 68 heavy (non-hydrogen) atoms. The molecule has 0 aromatic rings. The number of rotatable bonds is 54. The summed E-state index contributed by atoms with van der Waals surface area (Å²) in [5.74, 6) is 1.23. The molecule has 0 aliphatic heterocycles. The summed E-state index contributed by atoms with van der Waals surface area (Å²) in [7, 11) is 4.17. The van der Waals surface area contributed by atoms with Gasteiger partial charge in [-0.15, -0.1) is 0 Å². The van der Waals surface area contributed by atoms with Crippen molar-refractivity contribution in [2.45, 2.75) is 323 Å². The van der Waals surface area contributed by atoms with Gasteiger partial charge in [0.1, 0.15) is 0 Å². The molecule has 0 aliphatic rings. The van der Waals surface area contributed by atoms with Gasteiger partial charge < -0.3 is 19.3 Å². The summed E-state index contributed by atoms with van der Waals surface area (Å²) < 4.78 is 11.9. The Morgan fingerprint density at radius 2 is 0.647 bits per heavy atom. The van der Waals surface area contributed by atoms with Crippen LogP contribution in [0.15, 0.2) is 0 Å². The molecule has 404 valence electrons. The Morgan fingerprint density at radius 3 is 1.01 bits per heavy atom. The van der Waals surface area contributed by atoms with Crippen molar-refractivity contribution in [2.75, 3.05) is 40.4 Å². The molecule has 0 radical (unpaired) electrons. The zero-order valence-corrected chi connectivity index (χ0v) is 47.1. The molecular formula is C61H120N2O5. The molecule has 0 N–H and O–H groups in total. The fourth-order valence-electron chi connectivity index (χ4n) is 10.1. The summed E-state index contributed by atoms with van der Waals surface area (Å²) in [5.41, 5.74) is 0. The standard InChI is InChI=1S/C61H120N2O5/c1-8-13-18-23-26-27-30-41-53-63(59(64)49-42-52-62(6)7)58(47-37-31-39-50-60(65)67-54-56(43-33-21-16-11-4)45-35-28-24-19-14-9-2)48-38-32-40-51-61(66)68-55-57(44-34-22-17-12-5)46-36-29-25-20-15-10-3/h56-58H,8-55H2,1-7H3. The van der Waals surface area contributed by atoms with Gasteiger partial charge in [-0.05, 0) is 96.7 Å². The van der Waals surface area contributed by atoms with Crippen molar-refractivity contribution in [3.05, 3.63) is 0 Å². The van der Waals surface area contributed by atoms with E-state index in [4.69, 9.17) is 9.47 Å². The summed E-state index contributed by atoms with van der Waals surface area (Å²) in [6, 6.07) is 0.205. The molecule has 0 saturated heterocycles. The lowest BCUT2D eigenvalue weighted by Gasteiger charge is -2.33. The number of hydrogen-bond donors (Lipinski definition) is 0. The third-order valence-corrected chi connectivity index (χ3v) is 14.7. The molecule has 1 amide bonds. The smallest absolute Gasteiger partial charge is 0.305 e. The highest BCUT2D eigenvalue weighted by atomic mass is 16.5. The van der Waals surface area contributed by atoms with Crippen LogP contribution in [0.1, 0.15) is 317 Å². The maximum absolute atomic E-state index is 14.0. The van der Waals surface area contributed by atoms with Crippen molar-refractivity contribution in [2.24, 2.45) is 11.8 Å². The number of amides is 1. The topological polar surface area (TPSA) is 76.2 Å². The van der Waals surface area contributed by atoms with Crippen LogP contribution in [-0.4, -0.2) is 74.1 Å². The number of nitrogens with zero attached hydrogens (tertiary/aromatic N) is 2. The number of esters is 2. The third kappa shape index (κ3) is 44.3. The van der Waals surface area contributed by atoms with E-state index in [0.717, 1.165) is 77.3 Å². The molecule has 0 bridgehead atoms.